The molecule has 0 saturated heterocycles. The minimum atomic E-state index is -0.358. The molecular formula is C14H14FNO2. The SMILES string of the molecule is CC(c1ccccc1F)N(C)C(=O)c1ccco1. The molecule has 2 aromatic rings. The van der Waals surface area contributed by atoms with Crippen molar-refractivity contribution in [1.29, 1.82) is 0 Å². The van der Waals surface area contributed by atoms with Gasteiger partial charge >= 0.3 is 0 Å². The normalized spacial score (nSPS) is 12.2. The van der Waals surface area contributed by atoms with E-state index in [1.807, 2.05) is 0 Å². The molecule has 1 aromatic heterocycles. The van der Waals surface area contributed by atoms with Crippen molar-refractivity contribution in [3.8, 4) is 0 Å². The topological polar surface area (TPSA) is 33.5 Å². The smallest absolute Gasteiger partial charge is 0.289 e. The largest absolute Gasteiger partial charge is 0.459 e. The van der Waals surface area contributed by atoms with Gasteiger partial charge < -0.3 is 9.32 Å². The maximum atomic E-state index is 13.6. The zero-order valence-electron chi connectivity index (χ0n) is 10.3. The summed E-state index contributed by atoms with van der Waals surface area (Å²) in [5.41, 5.74) is 0.486. The third-order valence-corrected chi connectivity index (χ3v) is 2.99. The van der Waals surface area contributed by atoms with Crippen molar-refractivity contribution >= 4 is 5.91 Å². The number of carbonyl (C=O) groups is 1. The molecule has 0 radical (unpaired) electrons. The van der Waals surface area contributed by atoms with Crippen LogP contribution in [0.1, 0.15) is 29.1 Å². The zero-order valence-corrected chi connectivity index (χ0v) is 10.3. The Morgan fingerprint density at radius 3 is 2.61 bits per heavy atom. The molecule has 1 unspecified atom stereocenters. The van der Waals surface area contributed by atoms with Crippen molar-refractivity contribution in [2.45, 2.75) is 13.0 Å². The molecule has 0 fully saturated rings. The highest BCUT2D eigenvalue weighted by molar-refractivity contribution is 5.91. The summed E-state index contributed by atoms with van der Waals surface area (Å²) in [6.07, 6.45) is 1.44. The molecule has 1 atom stereocenters. The first-order valence-electron chi connectivity index (χ1n) is 5.66. The van der Waals surface area contributed by atoms with Crippen LogP contribution in [-0.4, -0.2) is 17.9 Å². The first-order chi connectivity index (χ1) is 8.61. The first kappa shape index (κ1) is 12.4. The molecule has 0 spiro atoms. The van der Waals surface area contributed by atoms with E-state index < -0.39 is 0 Å². The Balaban J connectivity index is 2.22. The number of halogens is 1. The fourth-order valence-corrected chi connectivity index (χ4v) is 1.77. The lowest BCUT2D eigenvalue weighted by Gasteiger charge is -2.24. The second kappa shape index (κ2) is 5.04. The fourth-order valence-electron chi connectivity index (χ4n) is 1.77. The number of nitrogens with zero attached hydrogens (tertiary/aromatic N) is 1. The highest BCUT2D eigenvalue weighted by Crippen LogP contribution is 2.23. The van der Waals surface area contributed by atoms with Crippen LogP contribution in [0.4, 0.5) is 4.39 Å². The molecule has 0 aliphatic rings. The minimum absolute atomic E-state index is 0.251. The maximum Gasteiger partial charge on any atom is 0.289 e. The van der Waals surface area contributed by atoms with Crippen LogP contribution < -0.4 is 0 Å². The van der Waals surface area contributed by atoms with Crippen molar-refractivity contribution in [2.24, 2.45) is 0 Å². The molecule has 4 heteroatoms. The number of hydrogen-bond donors (Lipinski definition) is 0. The van der Waals surface area contributed by atoms with E-state index >= 15 is 0 Å². The van der Waals surface area contributed by atoms with Gasteiger partial charge in [-0.15, -0.1) is 0 Å². The van der Waals surface area contributed by atoms with Crippen molar-refractivity contribution < 1.29 is 13.6 Å². The molecule has 0 aliphatic carbocycles. The summed E-state index contributed by atoms with van der Waals surface area (Å²) in [6.45, 7) is 1.78. The molecule has 2 rings (SSSR count). The van der Waals surface area contributed by atoms with Gasteiger partial charge in [0.25, 0.3) is 5.91 Å². The van der Waals surface area contributed by atoms with Gasteiger partial charge in [-0.3, -0.25) is 4.79 Å². The molecule has 1 heterocycles. The van der Waals surface area contributed by atoms with Gasteiger partial charge in [-0.25, -0.2) is 4.39 Å². The van der Waals surface area contributed by atoms with Gasteiger partial charge in [-0.1, -0.05) is 18.2 Å². The average Bonchev–Trinajstić information content (AvgIpc) is 2.90. The number of rotatable bonds is 3. The third kappa shape index (κ3) is 2.27. The highest BCUT2D eigenvalue weighted by atomic mass is 19.1. The summed E-state index contributed by atoms with van der Waals surface area (Å²) in [4.78, 5) is 13.5. The average molecular weight is 247 g/mol. The number of amides is 1. The molecule has 0 N–H and O–H groups in total. The molecule has 18 heavy (non-hydrogen) atoms. The van der Waals surface area contributed by atoms with E-state index in [1.54, 1.807) is 44.3 Å². The van der Waals surface area contributed by atoms with E-state index in [4.69, 9.17) is 4.42 Å². The Morgan fingerprint density at radius 1 is 1.28 bits per heavy atom. The van der Waals surface area contributed by atoms with Gasteiger partial charge in [-0.2, -0.15) is 0 Å². The van der Waals surface area contributed by atoms with Crippen LogP contribution in [0, 0.1) is 5.82 Å². The standard InChI is InChI=1S/C14H14FNO2/c1-10(11-6-3-4-7-12(11)15)16(2)14(17)13-8-5-9-18-13/h3-10H,1-2H3. The van der Waals surface area contributed by atoms with Gasteiger partial charge in [0.15, 0.2) is 5.76 Å². The molecule has 94 valence electrons. The molecule has 3 nitrogen and oxygen atoms in total. The molecule has 1 amide bonds. The second-order valence-electron chi connectivity index (χ2n) is 4.09. The van der Waals surface area contributed by atoms with E-state index in [9.17, 15) is 9.18 Å². The minimum Gasteiger partial charge on any atom is -0.459 e. The van der Waals surface area contributed by atoms with E-state index in [0.717, 1.165) is 0 Å². The van der Waals surface area contributed by atoms with Crippen molar-refractivity contribution in [2.75, 3.05) is 7.05 Å². The van der Waals surface area contributed by atoms with E-state index in [1.165, 1.54) is 17.2 Å². The van der Waals surface area contributed by atoms with Crippen LogP contribution in [-0.2, 0) is 0 Å². The van der Waals surface area contributed by atoms with Crippen LogP contribution in [0.2, 0.25) is 0 Å². The van der Waals surface area contributed by atoms with Gasteiger partial charge in [0.1, 0.15) is 5.82 Å². The van der Waals surface area contributed by atoms with Gasteiger partial charge in [-0.05, 0) is 25.1 Å². The fraction of sp³-hybridized carbons (Fsp3) is 0.214. The second-order valence-corrected chi connectivity index (χ2v) is 4.09. The van der Waals surface area contributed by atoms with E-state index in [0.29, 0.717) is 5.56 Å². The summed E-state index contributed by atoms with van der Waals surface area (Å²) in [5.74, 6) is -0.333. The monoisotopic (exact) mass is 247 g/mol. The Bertz CT molecular complexity index is 536. The van der Waals surface area contributed by atoms with Gasteiger partial charge in [0, 0.05) is 12.6 Å². The lowest BCUT2D eigenvalue weighted by molar-refractivity contribution is 0.0708. The summed E-state index contributed by atoms with van der Waals surface area (Å²) in [7, 11) is 1.63. The van der Waals surface area contributed by atoms with Gasteiger partial charge in [0.2, 0.25) is 0 Å². The molecule has 0 bridgehead atoms. The quantitative estimate of drug-likeness (QED) is 0.834. The third-order valence-electron chi connectivity index (χ3n) is 2.99. The zero-order chi connectivity index (χ0) is 13.1. The Kier molecular flexibility index (Phi) is 3.46. The number of hydrogen-bond acceptors (Lipinski definition) is 2. The predicted molar refractivity (Wildman–Crippen MR) is 65.6 cm³/mol. The van der Waals surface area contributed by atoms with Crippen molar-refractivity contribution in [1.82, 2.24) is 4.90 Å². The predicted octanol–water partition coefficient (Wildman–Crippen LogP) is 3.25. The summed E-state index contributed by atoms with van der Waals surface area (Å²) < 4.78 is 18.7. The molecular weight excluding hydrogens is 233 g/mol. The van der Waals surface area contributed by atoms with Gasteiger partial charge in [0.05, 0.1) is 12.3 Å². The van der Waals surface area contributed by atoms with Crippen LogP contribution in [0.5, 0.6) is 0 Å². The van der Waals surface area contributed by atoms with Crippen LogP contribution in [0.25, 0.3) is 0 Å². The molecule has 1 aromatic carbocycles. The highest BCUT2D eigenvalue weighted by Gasteiger charge is 2.22. The Hall–Kier alpha value is -2.10. The lowest BCUT2D eigenvalue weighted by atomic mass is 10.1. The van der Waals surface area contributed by atoms with E-state index in [2.05, 4.69) is 0 Å². The van der Waals surface area contributed by atoms with Crippen LogP contribution in [0.3, 0.4) is 0 Å². The lowest BCUT2D eigenvalue weighted by Crippen LogP contribution is -2.29. The van der Waals surface area contributed by atoms with Crippen molar-refractivity contribution in [3.05, 3.63) is 59.8 Å². The number of furan rings is 1. The van der Waals surface area contributed by atoms with Crippen molar-refractivity contribution in [3.63, 3.8) is 0 Å². The molecule has 0 aliphatic heterocycles. The molecule has 0 saturated carbocycles. The van der Waals surface area contributed by atoms with Crippen LogP contribution >= 0.6 is 0 Å². The summed E-state index contributed by atoms with van der Waals surface area (Å²) >= 11 is 0. The Labute approximate surface area is 105 Å². The first-order valence-corrected chi connectivity index (χ1v) is 5.66. The van der Waals surface area contributed by atoms with Crippen LogP contribution in [0.15, 0.2) is 47.1 Å². The summed E-state index contributed by atoms with van der Waals surface area (Å²) in [5, 5.41) is 0. The number of benzene rings is 1. The maximum absolute atomic E-state index is 13.6. The van der Waals surface area contributed by atoms with E-state index in [-0.39, 0.29) is 23.5 Å². The summed E-state index contributed by atoms with van der Waals surface area (Å²) in [6, 6.07) is 9.31. The number of carbonyl (C=O) groups excluding carboxylic acids is 1. The Morgan fingerprint density at radius 2 is 2.00 bits per heavy atom.